The van der Waals surface area contributed by atoms with E-state index in [4.69, 9.17) is 10.5 Å². The molecular formula is C12H18N2O2. The second kappa shape index (κ2) is 6.12. The number of hydrogen-bond acceptors (Lipinski definition) is 3. The summed E-state index contributed by atoms with van der Waals surface area (Å²) in [4.78, 5) is 11.3. The number of nitrogens with two attached hydrogens (primary N) is 1. The third kappa shape index (κ3) is 3.24. The second-order valence-electron chi connectivity index (χ2n) is 3.58. The van der Waals surface area contributed by atoms with Crippen LogP contribution in [0.4, 0.5) is 0 Å². The molecule has 0 heterocycles. The number of amides is 1. The van der Waals surface area contributed by atoms with Gasteiger partial charge in [-0.15, -0.1) is 0 Å². The molecule has 1 aromatic carbocycles. The van der Waals surface area contributed by atoms with Gasteiger partial charge in [0, 0.05) is 19.4 Å². The number of benzene rings is 1. The number of carbonyl (C=O) groups is 1. The zero-order valence-corrected chi connectivity index (χ0v) is 9.69. The quantitative estimate of drug-likeness (QED) is 0.777. The van der Waals surface area contributed by atoms with Gasteiger partial charge in [0.15, 0.2) is 0 Å². The van der Waals surface area contributed by atoms with E-state index in [2.05, 4.69) is 5.32 Å². The van der Waals surface area contributed by atoms with Gasteiger partial charge < -0.3 is 15.8 Å². The lowest BCUT2D eigenvalue weighted by Gasteiger charge is -2.14. The van der Waals surface area contributed by atoms with E-state index >= 15 is 0 Å². The molecule has 0 fully saturated rings. The van der Waals surface area contributed by atoms with Crippen molar-refractivity contribution >= 4 is 5.91 Å². The summed E-state index contributed by atoms with van der Waals surface area (Å²) in [5.74, 6) is 0.872. The van der Waals surface area contributed by atoms with Crippen LogP contribution in [0.5, 0.6) is 5.75 Å². The number of nitrogens with one attached hydrogen (secondary N) is 1. The van der Waals surface area contributed by atoms with Crippen LogP contribution in [0.3, 0.4) is 0 Å². The molecule has 3 N–H and O–H groups in total. The van der Waals surface area contributed by atoms with Crippen molar-refractivity contribution in [3.05, 3.63) is 29.8 Å². The molecule has 4 nitrogen and oxygen atoms in total. The molecule has 16 heavy (non-hydrogen) atoms. The number of methoxy groups -OCH3 is 1. The minimum Gasteiger partial charge on any atom is -0.497 e. The summed E-state index contributed by atoms with van der Waals surface area (Å²) in [6.07, 6.45) is 0.416. The van der Waals surface area contributed by atoms with E-state index in [0.717, 1.165) is 11.3 Å². The van der Waals surface area contributed by atoms with E-state index in [1.807, 2.05) is 24.3 Å². The molecule has 4 heteroatoms. The van der Waals surface area contributed by atoms with Crippen LogP contribution in [0.1, 0.15) is 17.9 Å². The fourth-order valence-corrected chi connectivity index (χ4v) is 1.54. The Morgan fingerprint density at radius 2 is 2.06 bits per heavy atom. The molecule has 1 unspecified atom stereocenters. The number of ether oxygens (including phenoxy) is 1. The molecule has 88 valence electrons. The monoisotopic (exact) mass is 222 g/mol. The summed E-state index contributed by atoms with van der Waals surface area (Å²) in [5, 5.41) is 2.60. The van der Waals surface area contributed by atoms with Gasteiger partial charge in [0.2, 0.25) is 5.91 Å². The lowest BCUT2D eigenvalue weighted by atomic mass is 9.95. The molecule has 0 aliphatic carbocycles. The molecule has 1 amide bonds. The fraction of sp³-hybridized carbons (Fsp3) is 0.417. The molecule has 0 aliphatic rings. The molecule has 0 saturated heterocycles. The molecule has 1 atom stereocenters. The average molecular weight is 222 g/mol. The largest absolute Gasteiger partial charge is 0.497 e. The molecule has 0 radical (unpaired) electrons. The van der Waals surface area contributed by atoms with Crippen LogP contribution in [-0.4, -0.2) is 26.6 Å². The van der Waals surface area contributed by atoms with Gasteiger partial charge in [-0.05, 0) is 24.2 Å². The van der Waals surface area contributed by atoms with Crippen LogP contribution >= 0.6 is 0 Å². The van der Waals surface area contributed by atoms with Gasteiger partial charge in [-0.3, -0.25) is 4.79 Å². The van der Waals surface area contributed by atoms with Crippen molar-refractivity contribution in [2.75, 3.05) is 20.7 Å². The lowest BCUT2D eigenvalue weighted by molar-refractivity contribution is -0.120. The van der Waals surface area contributed by atoms with E-state index in [1.165, 1.54) is 0 Å². The summed E-state index contributed by atoms with van der Waals surface area (Å²) >= 11 is 0. The van der Waals surface area contributed by atoms with Crippen molar-refractivity contribution in [2.45, 2.75) is 12.3 Å². The van der Waals surface area contributed by atoms with Crippen molar-refractivity contribution in [3.8, 4) is 5.75 Å². The maximum Gasteiger partial charge on any atom is 0.220 e. The van der Waals surface area contributed by atoms with E-state index in [9.17, 15) is 4.79 Å². The normalized spacial score (nSPS) is 11.9. The van der Waals surface area contributed by atoms with Gasteiger partial charge in [-0.2, -0.15) is 0 Å². The summed E-state index contributed by atoms with van der Waals surface area (Å²) < 4.78 is 5.07. The van der Waals surface area contributed by atoms with Gasteiger partial charge in [0.25, 0.3) is 0 Å². The van der Waals surface area contributed by atoms with Crippen LogP contribution in [0.15, 0.2) is 24.3 Å². The van der Waals surface area contributed by atoms with Gasteiger partial charge in [0.05, 0.1) is 7.11 Å². The standard InChI is InChI=1S/C12H18N2O2/c1-14-12(15)7-10(8-13)9-3-5-11(16-2)6-4-9/h3-6,10H,7-8,13H2,1-2H3,(H,14,15). The topological polar surface area (TPSA) is 64.4 Å². The van der Waals surface area contributed by atoms with E-state index < -0.39 is 0 Å². The molecule has 0 spiro atoms. The minimum atomic E-state index is 0.00580. The van der Waals surface area contributed by atoms with Crippen LogP contribution in [-0.2, 0) is 4.79 Å². The first-order valence-electron chi connectivity index (χ1n) is 5.25. The Labute approximate surface area is 95.8 Å². The zero-order valence-electron chi connectivity index (χ0n) is 9.69. The Hall–Kier alpha value is -1.55. The third-order valence-electron chi connectivity index (χ3n) is 2.58. The van der Waals surface area contributed by atoms with E-state index in [-0.39, 0.29) is 11.8 Å². The number of rotatable bonds is 5. The first kappa shape index (κ1) is 12.5. The first-order chi connectivity index (χ1) is 7.71. The summed E-state index contributed by atoms with van der Waals surface area (Å²) in [6.45, 7) is 0.458. The van der Waals surface area contributed by atoms with Gasteiger partial charge >= 0.3 is 0 Å². The highest BCUT2D eigenvalue weighted by Gasteiger charge is 2.13. The van der Waals surface area contributed by atoms with E-state index in [0.29, 0.717) is 13.0 Å². The van der Waals surface area contributed by atoms with Crippen molar-refractivity contribution in [1.82, 2.24) is 5.32 Å². The number of carbonyl (C=O) groups excluding carboxylic acids is 1. The van der Waals surface area contributed by atoms with Gasteiger partial charge in [0.1, 0.15) is 5.75 Å². The first-order valence-corrected chi connectivity index (χ1v) is 5.25. The number of hydrogen-bond donors (Lipinski definition) is 2. The summed E-state index contributed by atoms with van der Waals surface area (Å²) in [5.41, 5.74) is 6.73. The van der Waals surface area contributed by atoms with Crippen LogP contribution in [0, 0.1) is 0 Å². The molecule has 1 aromatic rings. The second-order valence-corrected chi connectivity index (χ2v) is 3.58. The third-order valence-corrected chi connectivity index (χ3v) is 2.58. The fourth-order valence-electron chi connectivity index (χ4n) is 1.54. The Bertz CT molecular complexity index is 335. The predicted octanol–water partition coefficient (Wildman–Crippen LogP) is 0.874. The van der Waals surface area contributed by atoms with Crippen molar-refractivity contribution < 1.29 is 9.53 Å². The van der Waals surface area contributed by atoms with Crippen LogP contribution in [0.25, 0.3) is 0 Å². The summed E-state index contributed by atoms with van der Waals surface area (Å²) in [6, 6.07) is 7.64. The zero-order chi connectivity index (χ0) is 12.0. The SMILES string of the molecule is CNC(=O)CC(CN)c1ccc(OC)cc1. The minimum absolute atomic E-state index is 0.00580. The highest BCUT2D eigenvalue weighted by atomic mass is 16.5. The Balaban J connectivity index is 2.74. The van der Waals surface area contributed by atoms with E-state index in [1.54, 1.807) is 14.2 Å². The van der Waals surface area contributed by atoms with Gasteiger partial charge in [-0.25, -0.2) is 0 Å². The highest BCUT2D eigenvalue weighted by molar-refractivity contribution is 5.76. The highest BCUT2D eigenvalue weighted by Crippen LogP contribution is 2.21. The van der Waals surface area contributed by atoms with Crippen molar-refractivity contribution in [3.63, 3.8) is 0 Å². The predicted molar refractivity (Wildman–Crippen MR) is 63.5 cm³/mol. The van der Waals surface area contributed by atoms with Gasteiger partial charge in [-0.1, -0.05) is 12.1 Å². The Kier molecular flexibility index (Phi) is 4.79. The maximum atomic E-state index is 11.3. The van der Waals surface area contributed by atoms with Crippen LogP contribution in [0.2, 0.25) is 0 Å². The molecular weight excluding hydrogens is 204 g/mol. The Morgan fingerprint density at radius 3 is 2.50 bits per heavy atom. The lowest BCUT2D eigenvalue weighted by Crippen LogP contribution is -2.24. The smallest absolute Gasteiger partial charge is 0.220 e. The van der Waals surface area contributed by atoms with Crippen molar-refractivity contribution in [2.24, 2.45) is 5.73 Å². The molecule has 1 rings (SSSR count). The molecule has 0 aliphatic heterocycles. The van der Waals surface area contributed by atoms with Crippen molar-refractivity contribution in [1.29, 1.82) is 0 Å². The summed E-state index contributed by atoms with van der Waals surface area (Å²) in [7, 11) is 3.25. The van der Waals surface area contributed by atoms with Crippen LogP contribution < -0.4 is 15.8 Å². The molecule has 0 bridgehead atoms. The average Bonchev–Trinajstić information content (AvgIpc) is 2.35. The maximum absolute atomic E-state index is 11.3. The molecule has 0 saturated carbocycles. The Morgan fingerprint density at radius 1 is 1.44 bits per heavy atom. The molecule has 0 aromatic heterocycles.